The number of carbonyl (C=O) groups excluding carboxylic acids is 1. The summed E-state index contributed by atoms with van der Waals surface area (Å²) in [6.07, 6.45) is 8.54. The van der Waals surface area contributed by atoms with Crippen molar-refractivity contribution in [2.45, 2.75) is 78.2 Å². The first-order valence-electron chi connectivity index (χ1n) is 8.75. The number of hydrogen-bond donors (Lipinski definition) is 2. The summed E-state index contributed by atoms with van der Waals surface area (Å²) < 4.78 is 4.62. The third-order valence-corrected chi connectivity index (χ3v) is 3.50. The molecule has 0 spiro atoms. The minimum atomic E-state index is -0.144. The van der Waals surface area contributed by atoms with E-state index in [1.54, 1.807) is 0 Å². The number of hydrogen-bond acceptors (Lipinski definition) is 3. The van der Waals surface area contributed by atoms with E-state index < -0.39 is 0 Å². The van der Waals surface area contributed by atoms with Crippen LogP contribution in [0.4, 0.5) is 0 Å². The van der Waals surface area contributed by atoms with Crippen molar-refractivity contribution in [3.05, 3.63) is 0 Å². The fourth-order valence-corrected chi connectivity index (χ4v) is 2.18. The van der Waals surface area contributed by atoms with E-state index in [2.05, 4.69) is 41.1 Å². The Morgan fingerprint density at radius 3 is 2.55 bits per heavy atom. The van der Waals surface area contributed by atoms with Crippen molar-refractivity contribution in [2.24, 2.45) is 4.99 Å². The highest BCUT2D eigenvalue weighted by atomic mass is 16.5. The van der Waals surface area contributed by atoms with Gasteiger partial charge in [0.05, 0.1) is 7.11 Å². The molecular weight excluding hydrogens is 278 g/mol. The highest BCUT2D eigenvalue weighted by Crippen LogP contribution is 2.05. The summed E-state index contributed by atoms with van der Waals surface area (Å²) in [6, 6.07) is 0.435. The smallest absolute Gasteiger partial charge is 0.305 e. The molecule has 2 N–H and O–H groups in total. The predicted octanol–water partition coefficient (Wildman–Crippen LogP) is 3.24. The van der Waals surface area contributed by atoms with Crippen LogP contribution in [0.5, 0.6) is 0 Å². The molecule has 1 unspecified atom stereocenters. The molecule has 0 saturated carbocycles. The average molecular weight is 313 g/mol. The molecule has 0 saturated heterocycles. The molecule has 1 atom stereocenters. The molecule has 130 valence electrons. The Bertz CT molecular complexity index is 306. The number of unbranched alkanes of at least 4 members (excludes halogenated alkanes) is 4. The number of methoxy groups -OCH3 is 1. The summed E-state index contributed by atoms with van der Waals surface area (Å²) in [6.45, 7) is 8.10. The maximum atomic E-state index is 11.0. The van der Waals surface area contributed by atoms with Crippen molar-refractivity contribution >= 4 is 11.9 Å². The van der Waals surface area contributed by atoms with Crippen molar-refractivity contribution in [1.82, 2.24) is 10.6 Å². The van der Waals surface area contributed by atoms with Gasteiger partial charge in [-0.05, 0) is 33.1 Å². The number of esters is 1. The second-order valence-corrected chi connectivity index (χ2v) is 5.69. The summed E-state index contributed by atoms with van der Waals surface area (Å²) in [4.78, 5) is 15.6. The third-order valence-electron chi connectivity index (χ3n) is 3.50. The first-order valence-corrected chi connectivity index (χ1v) is 8.75. The zero-order valence-corrected chi connectivity index (χ0v) is 14.9. The van der Waals surface area contributed by atoms with Crippen molar-refractivity contribution in [3.8, 4) is 0 Å². The first kappa shape index (κ1) is 20.7. The SMILES string of the molecule is CCCCCCC(C)NC(=NCCCCC(=O)OC)NCC. The van der Waals surface area contributed by atoms with Crippen LogP contribution in [0.1, 0.15) is 72.1 Å². The molecular formula is C17H35N3O2. The minimum Gasteiger partial charge on any atom is -0.469 e. The Labute approximate surface area is 136 Å². The van der Waals surface area contributed by atoms with E-state index in [0.717, 1.165) is 31.9 Å². The van der Waals surface area contributed by atoms with Crippen LogP contribution in [-0.2, 0) is 9.53 Å². The average Bonchev–Trinajstić information content (AvgIpc) is 2.51. The van der Waals surface area contributed by atoms with Gasteiger partial charge in [0.1, 0.15) is 0 Å². The zero-order chi connectivity index (χ0) is 16.6. The van der Waals surface area contributed by atoms with E-state index in [-0.39, 0.29) is 5.97 Å². The summed E-state index contributed by atoms with van der Waals surface area (Å²) in [5, 5.41) is 6.73. The maximum absolute atomic E-state index is 11.0. The molecule has 0 aliphatic carbocycles. The van der Waals surface area contributed by atoms with E-state index in [4.69, 9.17) is 0 Å². The molecule has 0 aliphatic rings. The molecule has 0 aromatic rings. The van der Waals surface area contributed by atoms with Gasteiger partial charge >= 0.3 is 5.97 Å². The second-order valence-electron chi connectivity index (χ2n) is 5.69. The van der Waals surface area contributed by atoms with E-state index >= 15 is 0 Å². The van der Waals surface area contributed by atoms with Gasteiger partial charge in [0.2, 0.25) is 0 Å². The van der Waals surface area contributed by atoms with E-state index in [1.165, 1.54) is 39.2 Å². The summed E-state index contributed by atoms with van der Waals surface area (Å²) in [5.41, 5.74) is 0. The molecule has 0 heterocycles. The molecule has 0 aromatic carbocycles. The lowest BCUT2D eigenvalue weighted by molar-refractivity contribution is -0.140. The Hall–Kier alpha value is -1.26. The van der Waals surface area contributed by atoms with Crippen LogP contribution in [0.15, 0.2) is 4.99 Å². The normalized spacial score (nSPS) is 12.8. The van der Waals surface area contributed by atoms with Crippen molar-refractivity contribution < 1.29 is 9.53 Å². The van der Waals surface area contributed by atoms with Crippen molar-refractivity contribution in [1.29, 1.82) is 0 Å². The Kier molecular flexibility index (Phi) is 13.8. The Morgan fingerprint density at radius 1 is 1.14 bits per heavy atom. The lowest BCUT2D eigenvalue weighted by atomic mass is 10.1. The molecule has 0 aliphatic heterocycles. The summed E-state index contributed by atoms with van der Waals surface area (Å²) >= 11 is 0. The minimum absolute atomic E-state index is 0.144. The first-order chi connectivity index (χ1) is 10.6. The predicted molar refractivity (Wildman–Crippen MR) is 93.2 cm³/mol. The van der Waals surface area contributed by atoms with Gasteiger partial charge in [0.15, 0.2) is 5.96 Å². The number of nitrogens with one attached hydrogen (secondary N) is 2. The number of guanidine groups is 1. The molecule has 0 bridgehead atoms. The molecule has 0 amide bonds. The fourth-order valence-electron chi connectivity index (χ4n) is 2.18. The molecule has 0 fully saturated rings. The molecule has 5 heteroatoms. The lowest BCUT2D eigenvalue weighted by Crippen LogP contribution is -2.42. The van der Waals surface area contributed by atoms with Crippen LogP contribution in [0.3, 0.4) is 0 Å². The molecule has 0 rings (SSSR count). The Morgan fingerprint density at radius 2 is 1.91 bits per heavy atom. The lowest BCUT2D eigenvalue weighted by Gasteiger charge is -2.17. The van der Waals surface area contributed by atoms with Crippen LogP contribution in [0, 0.1) is 0 Å². The van der Waals surface area contributed by atoms with Gasteiger partial charge in [-0.2, -0.15) is 0 Å². The van der Waals surface area contributed by atoms with Crippen LogP contribution >= 0.6 is 0 Å². The highest BCUT2D eigenvalue weighted by Gasteiger charge is 2.05. The fraction of sp³-hybridized carbons (Fsp3) is 0.882. The number of ether oxygens (including phenoxy) is 1. The van der Waals surface area contributed by atoms with Gasteiger partial charge < -0.3 is 15.4 Å². The number of rotatable bonds is 12. The van der Waals surface area contributed by atoms with Gasteiger partial charge in [-0.3, -0.25) is 9.79 Å². The quantitative estimate of drug-likeness (QED) is 0.251. The number of nitrogens with zero attached hydrogens (tertiary/aromatic N) is 1. The third kappa shape index (κ3) is 12.5. The van der Waals surface area contributed by atoms with Crippen LogP contribution < -0.4 is 10.6 Å². The Balaban J connectivity index is 3.95. The molecule has 0 aromatic heterocycles. The van der Waals surface area contributed by atoms with Crippen molar-refractivity contribution in [3.63, 3.8) is 0 Å². The van der Waals surface area contributed by atoms with Crippen molar-refractivity contribution in [2.75, 3.05) is 20.2 Å². The molecule has 22 heavy (non-hydrogen) atoms. The van der Waals surface area contributed by atoms with Crippen LogP contribution in [0.2, 0.25) is 0 Å². The van der Waals surface area contributed by atoms with E-state index in [9.17, 15) is 4.79 Å². The van der Waals surface area contributed by atoms with Gasteiger partial charge in [-0.1, -0.05) is 32.6 Å². The molecule has 5 nitrogen and oxygen atoms in total. The highest BCUT2D eigenvalue weighted by molar-refractivity contribution is 5.80. The van der Waals surface area contributed by atoms with Gasteiger partial charge in [0.25, 0.3) is 0 Å². The van der Waals surface area contributed by atoms with Gasteiger partial charge in [0, 0.05) is 25.6 Å². The van der Waals surface area contributed by atoms with Gasteiger partial charge in [-0.25, -0.2) is 0 Å². The van der Waals surface area contributed by atoms with Crippen LogP contribution in [-0.4, -0.2) is 38.2 Å². The van der Waals surface area contributed by atoms with Gasteiger partial charge in [-0.15, -0.1) is 0 Å². The number of carbonyl (C=O) groups is 1. The topological polar surface area (TPSA) is 62.7 Å². The standard InChI is InChI=1S/C17H35N3O2/c1-5-7-8-9-12-15(3)20-17(18-6-2)19-14-11-10-13-16(21)22-4/h15H,5-14H2,1-4H3,(H2,18,19,20). The van der Waals surface area contributed by atoms with E-state index in [0.29, 0.717) is 12.5 Å². The number of aliphatic imine (C=N–C) groups is 1. The monoisotopic (exact) mass is 313 g/mol. The maximum Gasteiger partial charge on any atom is 0.305 e. The largest absolute Gasteiger partial charge is 0.469 e. The summed E-state index contributed by atoms with van der Waals surface area (Å²) in [5.74, 6) is 0.735. The van der Waals surface area contributed by atoms with E-state index in [1.807, 2.05) is 0 Å². The molecule has 0 radical (unpaired) electrons. The second kappa shape index (κ2) is 14.7. The van der Waals surface area contributed by atoms with Crippen LogP contribution in [0.25, 0.3) is 0 Å². The zero-order valence-electron chi connectivity index (χ0n) is 14.9. The summed E-state index contributed by atoms with van der Waals surface area (Å²) in [7, 11) is 1.43.